The molecule has 7 atom stereocenters. The van der Waals surface area contributed by atoms with Crippen LogP contribution in [-0.2, 0) is 23.1 Å². The van der Waals surface area contributed by atoms with Gasteiger partial charge >= 0.3 is 15.2 Å². The van der Waals surface area contributed by atoms with E-state index in [4.69, 9.17) is 35.4 Å². The van der Waals surface area contributed by atoms with Crippen molar-refractivity contribution < 1.29 is 48.0 Å². The normalized spacial score (nSPS) is 31.2. The molecule has 6 N–H and O–H groups in total. The van der Waals surface area contributed by atoms with Crippen molar-refractivity contribution in [2.24, 2.45) is 0 Å². The third-order valence-electron chi connectivity index (χ3n) is 5.88. The Hall–Kier alpha value is -1.22. The first kappa shape index (κ1) is 26.8. The SMILES string of the molecule is COC1CC[C@H](Nc2nc(Cl)nn3c(C4O[C@H](COP(=O)(O)CP(=O)(O)O)[C@@H](O)[C@H]4O)cnc23)C1. The fourth-order valence-electron chi connectivity index (χ4n) is 4.24. The van der Waals surface area contributed by atoms with E-state index in [1.54, 1.807) is 7.11 Å². The molecule has 0 amide bonds. The first-order valence-corrected chi connectivity index (χ1v) is 14.5. The lowest BCUT2D eigenvalue weighted by Crippen LogP contribution is -2.33. The predicted molar refractivity (Wildman–Crippen MR) is 120 cm³/mol. The molecule has 2 aromatic heterocycles. The fraction of sp³-hybridized carbons (Fsp3) is 0.706. The summed E-state index contributed by atoms with van der Waals surface area (Å²) in [6.45, 7) is -0.704. The summed E-state index contributed by atoms with van der Waals surface area (Å²) in [5, 5.41) is 28.3. The molecule has 15 nitrogen and oxygen atoms in total. The van der Waals surface area contributed by atoms with Crippen LogP contribution in [0.25, 0.3) is 5.65 Å². The van der Waals surface area contributed by atoms with Gasteiger partial charge in [-0.05, 0) is 30.9 Å². The number of nitrogens with zero attached hydrogens (tertiary/aromatic N) is 4. The molecule has 3 heterocycles. The number of rotatable bonds is 9. The Morgan fingerprint density at radius 3 is 2.66 bits per heavy atom. The zero-order valence-corrected chi connectivity index (χ0v) is 21.0. The summed E-state index contributed by atoms with van der Waals surface area (Å²) < 4.78 is 40.0. The number of hydrogen-bond acceptors (Lipinski definition) is 11. The van der Waals surface area contributed by atoms with Crippen LogP contribution in [-0.4, -0.2) is 94.6 Å². The number of nitrogens with one attached hydrogen (secondary N) is 1. The van der Waals surface area contributed by atoms with Gasteiger partial charge in [0.2, 0.25) is 5.28 Å². The van der Waals surface area contributed by atoms with Crippen LogP contribution in [0.5, 0.6) is 0 Å². The topological polar surface area (TPSA) is 218 Å². The molecule has 35 heavy (non-hydrogen) atoms. The Bertz CT molecular complexity index is 1160. The standard InChI is InChI=1S/C17H26ClN5O10P2/c1-31-9-3-2-8(4-9)20-15-16-19-5-10(23(16)22-17(18)21-15)14-13(25)12(24)11(33-14)6-32-35(29,30)7-34(26,27)28/h5,8-9,11-14,24-25H,2-4,6-7H2,1H3,(H,29,30)(H,20,21,22)(H2,26,27,28)/t8-,9?,11+,12+,13+,14?/m0/s1. The van der Waals surface area contributed by atoms with Gasteiger partial charge in [0.15, 0.2) is 17.4 Å². The van der Waals surface area contributed by atoms with E-state index in [9.17, 15) is 24.2 Å². The minimum Gasteiger partial charge on any atom is -0.387 e. The maximum absolute atomic E-state index is 11.9. The van der Waals surface area contributed by atoms with E-state index in [1.807, 2.05) is 0 Å². The molecule has 196 valence electrons. The largest absolute Gasteiger partial charge is 0.387 e. The van der Waals surface area contributed by atoms with Gasteiger partial charge in [-0.15, -0.1) is 5.10 Å². The lowest BCUT2D eigenvalue weighted by atomic mass is 10.1. The van der Waals surface area contributed by atoms with Crippen LogP contribution in [0, 0.1) is 0 Å². The molecule has 1 saturated carbocycles. The number of aromatic nitrogens is 4. The molecule has 4 rings (SSSR count). The lowest BCUT2D eigenvalue weighted by Gasteiger charge is -2.18. The van der Waals surface area contributed by atoms with Crippen LogP contribution in [0.1, 0.15) is 31.1 Å². The molecule has 1 aliphatic heterocycles. The van der Waals surface area contributed by atoms with Gasteiger partial charge in [0.25, 0.3) is 0 Å². The predicted octanol–water partition coefficient (Wildman–Crippen LogP) is 0.256. The highest BCUT2D eigenvalue weighted by molar-refractivity contribution is 7.70. The van der Waals surface area contributed by atoms with E-state index in [-0.39, 0.29) is 23.1 Å². The molecule has 1 saturated heterocycles. The lowest BCUT2D eigenvalue weighted by molar-refractivity contribution is -0.0204. The van der Waals surface area contributed by atoms with E-state index in [0.29, 0.717) is 11.5 Å². The number of hydrogen-bond donors (Lipinski definition) is 6. The Labute approximate surface area is 204 Å². The summed E-state index contributed by atoms with van der Waals surface area (Å²) >= 11 is 6.12. The maximum Gasteiger partial charge on any atom is 0.340 e. The van der Waals surface area contributed by atoms with Gasteiger partial charge < -0.3 is 44.2 Å². The quantitative estimate of drug-likeness (QED) is 0.228. The summed E-state index contributed by atoms with van der Waals surface area (Å²) in [4.78, 5) is 36.0. The van der Waals surface area contributed by atoms with E-state index >= 15 is 0 Å². The summed E-state index contributed by atoms with van der Waals surface area (Å²) in [5.74, 6) is -1.02. The van der Waals surface area contributed by atoms with Gasteiger partial charge in [-0.1, -0.05) is 0 Å². The van der Waals surface area contributed by atoms with Crippen LogP contribution in [0.2, 0.25) is 5.28 Å². The second-order valence-corrected chi connectivity index (χ2v) is 12.8. The monoisotopic (exact) mass is 557 g/mol. The molecule has 3 unspecified atom stereocenters. The number of methoxy groups -OCH3 is 1. The van der Waals surface area contributed by atoms with E-state index < -0.39 is 52.1 Å². The first-order chi connectivity index (χ1) is 16.4. The van der Waals surface area contributed by atoms with Crippen molar-refractivity contribution in [1.82, 2.24) is 19.6 Å². The van der Waals surface area contributed by atoms with E-state index in [2.05, 4.69) is 20.4 Å². The number of ether oxygens (including phenoxy) is 2. The average Bonchev–Trinajstić information content (AvgIpc) is 3.44. The minimum atomic E-state index is -4.82. The van der Waals surface area contributed by atoms with Crippen molar-refractivity contribution in [1.29, 1.82) is 0 Å². The van der Waals surface area contributed by atoms with Crippen LogP contribution in [0.15, 0.2) is 6.20 Å². The molecule has 0 bridgehead atoms. The highest BCUT2D eigenvalue weighted by atomic mass is 35.5. The van der Waals surface area contributed by atoms with Gasteiger partial charge in [-0.25, -0.2) is 9.50 Å². The number of aliphatic hydroxyl groups excluding tert-OH is 2. The number of halogens is 1. The van der Waals surface area contributed by atoms with Crippen molar-refractivity contribution in [3.8, 4) is 0 Å². The molecule has 0 aromatic carbocycles. The minimum absolute atomic E-state index is 0.0776. The van der Waals surface area contributed by atoms with Crippen LogP contribution in [0.3, 0.4) is 0 Å². The Kier molecular flexibility index (Phi) is 7.87. The zero-order valence-electron chi connectivity index (χ0n) is 18.4. The van der Waals surface area contributed by atoms with Crippen molar-refractivity contribution in [3.63, 3.8) is 0 Å². The molecular formula is C17H26ClN5O10P2. The van der Waals surface area contributed by atoms with Gasteiger partial charge in [0, 0.05) is 13.2 Å². The average molecular weight is 558 g/mol. The maximum atomic E-state index is 11.9. The number of imidazole rings is 1. The fourth-order valence-corrected chi connectivity index (χ4v) is 6.97. The van der Waals surface area contributed by atoms with Gasteiger partial charge in [-0.3, -0.25) is 9.13 Å². The third-order valence-corrected chi connectivity index (χ3v) is 9.49. The molecule has 0 radical (unpaired) electrons. The molecule has 2 aliphatic rings. The van der Waals surface area contributed by atoms with E-state index in [1.165, 1.54) is 10.7 Å². The van der Waals surface area contributed by atoms with Gasteiger partial charge in [0.1, 0.15) is 24.4 Å². The number of anilines is 1. The van der Waals surface area contributed by atoms with Crippen LogP contribution < -0.4 is 5.32 Å². The van der Waals surface area contributed by atoms with Crippen LogP contribution >= 0.6 is 26.8 Å². The van der Waals surface area contributed by atoms with Crippen molar-refractivity contribution >= 4 is 38.3 Å². The third kappa shape index (κ3) is 6.20. The highest BCUT2D eigenvalue weighted by Crippen LogP contribution is 2.55. The first-order valence-electron chi connectivity index (χ1n) is 10.6. The summed E-state index contributed by atoms with van der Waals surface area (Å²) in [6.07, 6.45) is -1.47. The summed E-state index contributed by atoms with van der Waals surface area (Å²) in [6, 6.07) is 0.0776. The van der Waals surface area contributed by atoms with Crippen molar-refractivity contribution in [2.75, 3.05) is 24.9 Å². The van der Waals surface area contributed by atoms with Crippen molar-refractivity contribution in [2.45, 2.75) is 55.8 Å². The Balaban J connectivity index is 1.51. The molecular weight excluding hydrogens is 532 g/mol. The Morgan fingerprint density at radius 1 is 1.26 bits per heavy atom. The van der Waals surface area contributed by atoms with Crippen molar-refractivity contribution in [3.05, 3.63) is 17.2 Å². The van der Waals surface area contributed by atoms with Gasteiger partial charge in [0.05, 0.1) is 24.6 Å². The molecule has 2 fully saturated rings. The highest BCUT2D eigenvalue weighted by Gasteiger charge is 2.46. The summed E-state index contributed by atoms with van der Waals surface area (Å²) in [5.41, 5.74) is 0.529. The summed E-state index contributed by atoms with van der Waals surface area (Å²) in [7, 11) is -7.84. The van der Waals surface area contributed by atoms with Gasteiger partial charge in [-0.2, -0.15) is 4.98 Å². The molecule has 2 aromatic rings. The number of aliphatic hydroxyl groups is 2. The van der Waals surface area contributed by atoms with E-state index in [0.717, 1.165) is 19.3 Å². The molecule has 1 aliphatic carbocycles. The Morgan fingerprint density at radius 2 is 2.00 bits per heavy atom. The molecule has 18 heteroatoms. The number of fused-ring (bicyclic) bond motifs is 1. The van der Waals surface area contributed by atoms with Crippen LogP contribution in [0.4, 0.5) is 5.82 Å². The second-order valence-electron chi connectivity index (χ2n) is 8.48. The second kappa shape index (κ2) is 10.3. The zero-order chi connectivity index (χ0) is 25.5. The smallest absolute Gasteiger partial charge is 0.340 e. The molecule has 0 spiro atoms.